The number of carbonyl (C=O) groups is 1. The number of alkyl halides is 3. The van der Waals surface area contributed by atoms with Crippen LogP contribution in [0, 0.1) is 0 Å². The number of carbonyl (C=O) groups excluding carboxylic acids is 1. The number of halogens is 3. The fourth-order valence-electron chi connectivity index (χ4n) is 1.97. The first-order chi connectivity index (χ1) is 9.71. The van der Waals surface area contributed by atoms with E-state index in [1.807, 2.05) is 0 Å². The van der Waals surface area contributed by atoms with Crippen LogP contribution in [-0.2, 0) is 6.42 Å². The highest BCUT2D eigenvalue weighted by Crippen LogP contribution is 2.31. The molecule has 1 atom stereocenters. The van der Waals surface area contributed by atoms with E-state index < -0.39 is 18.4 Å². The molecule has 116 valence electrons. The van der Waals surface area contributed by atoms with Crippen LogP contribution in [0.5, 0.6) is 5.75 Å². The van der Waals surface area contributed by atoms with Crippen LogP contribution in [0.25, 0.3) is 0 Å². The van der Waals surface area contributed by atoms with Crippen LogP contribution in [0.3, 0.4) is 0 Å². The van der Waals surface area contributed by atoms with E-state index in [2.05, 4.69) is 5.32 Å². The molecule has 0 aliphatic carbocycles. The number of hydrogen-bond acceptors (Lipinski definition) is 3. The lowest BCUT2D eigenvalue weighted by atomic mass is 10.0. The molecule has 0 saturated heterocycles. The smallest absolute Gasteiger partial charge is 0.420 e. The van der Waals surface area contributed by atoms with E-state index in [4.69, 9.17) is 4.74 Å². The SMILES string of the molecule is C[C@@](O)(COc1ccc2c(c1)CCCNC2=O)C(F)(F)F. The maximum atomic E-state index is 12.5. The lowest BCUT2D eigenvalue weighted by molar-refractivity contribution is -0.260. The summed E-state index contributed by atoms with van der Waals surface area (Å²) in [6.07, 6.45) is -3.37. The number of fused-ring (bicyclic) bond motifs is 1. The minimum atomic E-state index is -4.77. The molecule has 0 unspecified atom stereocenters. The zero-order valence-corrected chi connectivity index (χ0v) is 11.5. The van der Waals surface area contributed by atoms with Crippen LogP contribution in [0.4, 0.5) is 13.2 Å². The Bertz CT molecular complexity index is 541. The topological polar surface area (TPSA) is 58.6 Å². The first-order valence-electron chi connectivity index (χ1n) is 6.54. The van der Waals surface area contributed by atoms with Gasteiger partial charge in [-0.05, 0) is 43.5 Å². The van der Waals surface area contributed by atoms with Crippen molar-refractivity contribution in [2.45, 2.75) is 31.5 Å². The number of aryl methyl sites for hydroxylation is 1. The molecule has 1 aromatic carbocycles. The predicted octanol–water partition coefficient (Wildman–Crippen LogP) is 2.05. The van der Waals surface area contributed by atoms with Gasteiger partial charge in [0.25, 0.3) is 5.91 Å². The second kappa shape index (κ2) is 5.55. The number of amides is 1. The first-order valence-corrected chi connectivity index (χ1v) is 6.54. The van der Waals surface area contributed by atoms with Gasteiger partial charge < -0.3 is 15.2 Å². The second-order valence-corrected chi connectivity index (χ2v) is 5.24. The van der Waals surface area contributed by atoms with Gasteiger partial charge in [0, 0.05) is 12.1 Å². The van der Waals surface area contributed by atoms with Crippen molar-refractivity contribution in [1.82, 2.24) is 5.32 Å². The number of nitrogens with one attached hydrogen (secondary N) is 1. The Kier molecular flexibility index (Phi) is 4.13. The van der Waals surface area contributed by atoms with Crippen LogP contribution in [-0.4, -0.2) is 35.9 Å². The van der Waals surface area contributed by atoms with Crippen LogP contribution >= 0.6 is 0 Å². The molecule has 0 saturated carbocycles. The average molecular weight is 303 g/mol. The quantitative estimate of drug-likeness (QED) is 0.898. The zero-order chi connectivity index (χ0) is 15.7. The molecule has 1 heterocycles. The normalized spacial score (nSPS) is 18.2. The van der Waals surface area contributed by atoms with E-state index in [1.165, 1.54) is 12.1 Å². The van der Waals surface area contributed by atoms with E-state index in [1.54, 1.807) is 6.07 Å². The lowest BCUT2D eigenvalue weighted by Gasteiger charge is -2.26. The average Bonchev–Trinajstić information content (AvgIpc) is 2.57. The molecule has 1 aromatic rings. The van der Waals surface area contributed by atoms with Crippen molar-refractivity contribution in [3.05, 3.63) is 29.3 Å². The Morgan fingerprint density at radius 1 is 1.38 bits per heavy atom. The molecule has 4 nitrogen and oxygen atoms in total. The van der Waals surface area contributed by atoms with Crippen molar-refractivity contribution in [2.24, 2.45) is 0 Å². The maximum Gasteiger partial charge on any atom is 0.420 e. The molecule has 0 fully saturated rings. The van der Waals surface area contributed by atoms with Crippen molar-refractivity contribution < 1.29 is 27.8 Å². The first kappa shape index (κ1) is 15.6. The van der Waals surface area contributed by atoms with Gasteiger partial charge >= 0.3 is 6.18 Å². The third-order valence-corrected chi connectivity index (χ3v) is 3.36. The summed E-state index contributed by atoms with van der Waals surface area (Å²) >= 11 is 0. The monoisotopic (exact) mass is 303 g/mol. The molecule has 2 rings (SSSR count). The number of benzene rings is 1. The van der Waals surface area contributed by atoms with Gasteiger partial charge in [-0.15, -0.1) is 0 Å². The van der Waals surface area contributed by atoms with Crippen molar-refractivity contribution in [2.75, 3.05) is 13.2 Å². The van der Waals surface area contributed by atoms with E-state index in [0.29, 0.717) is 25.5 Å². The summed E-state index contributed by atoms with van der Waals surface area (Å²) in [6.45, 7) is 0.317. The van der Waals surface area contributed by atoms with Gasteiger partial charge in [0.2, 0.25) is 0 Å². The number of ether oxygens (including phenoxy) is 1. The minimum absolute atomic E-state index is 0.198. The van der Waals surface area contributed by atoms with E-state index in [0.717, 1.165) is 12.0 Å². The highest BCUT2D eigenvalue weighted by atomic mass is 19.4. The Labute approximate surface area is 119 Å². The summed E-state index contributed by atoms with van der Waals surface area (Å²) in [4.78, 5) is 11.7. The summed E-state index contributed by atoms with van der Waals surface area (Å²) < 4.78 is 42.6. The van der Waals surface area contributed by atoms with Crippen molar-refractivity contribution in [3.8, 4) is 5.75 Å². The fourth-order valence-corrected chi connectivity index (χ4v) is 1.97. The summed E-state index contributed by atoms with van der Waals surface area (Å²) in [5.41, 5.74) is -1.69. The zero-order valence-electron chi connectivity index (χ0n) is 11.5. The molecule has 21 heavy (non-hydrogen) atoms. The van der Waals surface area contributed by atoms with Crippen LogP contribution < -0.4 is 10.1 Å². The molecule has 0 aromatic heterocycles. The lowest BCUT2D eigenvalue weighted by Crippen LogP contribution is -2.47. The highest BCUT2D eigenvalue weighted by molar-refractivity contribution is 5.96. The predicted molar refractivity (Wildman–Crippen MR) is 69.3 cm³/mol. The standard InChI is InChI=1S/C14H16F3NO3/c1-13(20,14(15,16)17)8-21-10-4-5-11-9(7-10)3-2-6-18-12(11)19/h4-5,7,20H,2-3,6,8H2,1H3,(H,18,19)/t13-/m1/s1. The molecule has 1 aliphatic rings. The van der Waals surface area contributed by atoms with Crippen LogP contribution in [0.2, 0.25) is 0 Å². The number of hydrogen-bond donors (Lipinski definition) is 2. The summed E-state index contributed by atoms with van der Waals surface area (Å²) in [5, 5.41) is 12.1. The molecule has 0 bridgehead atoms. The summed E-state index contributed by atoms with van der Waals surface area (Å²) in [6, 6.07) is 4.50. The molecule has 1 amide bonds. The Balaban J connectivity index is 2.13. The minimum Gasteiger partial charge on any atom is -0.490 e. The number of rotatable bonds is 3. The summed E-state index contributed by atoms with van der Waals surface area (Å²) in [5.74, 6) is 0.00399. The van der Waals surface area contributed by atoms with Crippen LogP contribution in [0.1, 0.15) is 29.3 Å². The molecular weight excluding hydrogens is 287 g/mol. The van der Waals surface area contributed by atoms with Gasteiger partial charge in [-0.2, -0.15) is 13.2 Å². The fraction of sp³-hybridized carbons (Fsp3) is 0.500. The van der Waals surface area contributed by atoms with Gasteiger partial charge in [0.05, 0.1) is 0 Å². The van der Waals surface area contributed by atoms with Gasteiger partial charge in [0.15, 0.2) is 5.60 Å². The van der Waals surface area contributed by atoms with Crippen molar-refractivity contribution >= 4 is 5.91 Å². The molecular formula is C14H16F3NO3. The third-order valence-electron chi connectivity index (χ3n) is 3.36. The molecule has 0 spiro atoms. The molecule has 1 aliphatic heterocycles. The molecule has 7 heteroatoms. The summed E-state index contributed by atoms with van der Waals surface area (Å²) in [7, 11) is 0. The Morgan fingerprint density at radius 2 is 2.10 bits per heavy atom. The van der Waals surface area contributed by atoms with E-state index in [9.17, 15) is 23.1 Å². The van der Waals surface area contributed by atoms with Crippen molar-refractivity contribution in [1.29, 1.82) is 0 Å². The van der Waals surface area contributed by atoms with Gasteiger partial charge in [-0.25, -0.2) is 0 Å². The maximum absolute atomic E-state index is 12.5. The van der Waals surface area contributed by atoms with Gasteiger partial charge in [-0.1, -0.05) is 0 Å². The second-order valence-electron chi connectivity index (χ2n) is 5.24. The number of aliphatic hydroxyl groups is 1. The Morgan fingerprint density at radius 3 is 2.76 bits per heavy atom. The van der Waals surface area contributed by atoms with Crippen LogP contribution in [0.15, 0.2) is 18.2 Å². The van der Waals surface area contributed by atoms with E-state index in [-0.39, 0.29) is 11.7 Å². The largest absolute Gasteiger partial charge is 0.490 e. The van der Waals surface area contributed by atoms with Gasteiger partial charge in [-0.3, -0.25) is 4.79 Å². The van der Waals surface area contributed by atoms with Gasteiger partial charge in [0.1, 0.15) is 12.4 Å². The molecule has 0 radical (unpaired) electrons. The van der Waals surface area contributed by atoms with Crippen molar-refractivity contribution in [3.63, 3.8) is 0 Å². The highest BCUT2D eigenvalue weighted by Gasteiger charge is 2.50. The molecule has 2 N–H and O–H groups in total. The third kappa shape index (κ3) is 3.47. The Hall–Kier alpha value is -1.76. The van der Waals surface area contributed by atoms with E-state index >= 15 is 0 Å².